The third-order valence-electron chi connectivity index (χ3n) is 4.45. The van der Waals surface area contributed by atoms with Crippen LogP contribution in [0.2, 0.25) is 0 Å². The number of ether oxygens (including phenoxy) is 1. The van der Waals surface area contributed by atoms with E-state index in [1.807, 2.05) is 0 Å². The van der Waals surface area contributed by atoms with Crippen molar-refractivity contribution in [3.63, 3.8) is 0 Å². The molecule has 0 spiro atoms. The Labute approximate surface area is 168 Å². The van der Waals surface area contributed by atoms with Gasteiger partial charge in [-0.2, -0.15) is 0 Å². The zero-order chi connectivity index (χ0) is 19.1. The van der Waals surface area contributed by atoms with E-state index in [4.69, 9.17) is 10.5 Å². The number of benzene rings is 1. The number of carbonyl (C=O) groups excluding carboxylic acids is 1. The van der Waals surface area contributed by atoms with Gasteiger partial charge in [-0.15, -0.1) is 0 Å². The van der Waals surface area contributed by atoms with E-state index in [1.54, 1.807) is 12.1 Å². The van der Waals surface area contributed by atoms with Crippen molar-refractivity contribution in [3.8, 4) is 0 Å². The van der Waals surface area contributed by atoms with Crippen molar-refractivity contribution in [1.82, 2.24) is 0 Å². The van der Waals surface area contributed by atoms with E-state index in [0.717, 1.165) is 32.3 Å². The summed E-state index contributed by atoms with van der Waals surface area (Å²) in [6.45, 7) is 2.57. The van der Waals surface area contributed by atoms with Crippen LogP contribution in [0.4, 0.5) is 20.6 Å². The molecule has 2 fully saturated rings. The van der Waals surface area contributed by atoms with E-state index in [9.17, 15) is 9.18 Å². The number of amides is 1. The second-order valence-corrected chi connectivity index (χ2v) is 9.58. The number of nitrogens with two attached hydrogens (primary N) is 1. The molecule has 0 bridgehead atoms. The van der Waals surface area contributed by atoms with Gasteiger partial charge in [0.2, 0.25) is 6.34 Å². The minimum atomic E-state index is -0.466. The van der Waals surface area contributed by atoms with Crippen molar-refractivity contribution in [2.45, 2.75) is 18.9 Å². The Balaban J connectivity index is 1.66. The van der Waals surface area contributed by atoms with Crippen LogP contribution in [-0.4, -0.2) is 59.9 Å². The van der Waals surface area contributed by atoms with Crippen molar-refractivity contribution in [1.29, 1.82) is 0 Å². The topological polar surface area (TPSA) is 85.1 Å². The molecule has 1 atom stereocenters. The molecule has 0 aliphatic carbocycles. The molecule has 7 nitrogen and oxygen atoms in total. The molecule has 2 aliphatic heterocycles. The van der Waals surface area contributed by atoms with Crippen LogP contribution in [0.5, 0.6) is 0 Å². The van der Waals surface area contributed by atoms with Crippen LogP contribution in [0.3, 0.4) is 0 Å². The average Bonchev–Trinajstić information content (AvgIpc) is 3.00. The number of carbonyl (C=O) groups is 1. The standard InChI is InChI=1S/C18H24FIN5O2/c19-16-9-14(3-4-17(16)24-7-1-5-20-6-2-8-24)25-11-15(27-18(25)26)10-22-13-23-12-21/h3-4,9,12-13,15H,1-2,5-8,10-11H2,(H2,21,22,23)/q-1/p+1/t15-/m0/s1. The SMILES string of the molecule is NC=NC=[NH+]C[C@H]1CN(c2ccc(N3CCC[I-]CCC3)c(F)c2)C(=O)O1. The van der Waals surface area contributed by atoms with E-state index in [2.05, 4.69) is 14.9 Å². The number of nitrogens with one attached hydrogen (secondary N) is 1. The molecule has 2 heterocycles. The zero-order valence-corrected chi connectivity index (χ0v) is 17.3. The molecular weight excluding hydrogens is 464 g/mol. The van der Waals surface area contributed by atoms with Gasteiger partial charge in [0.1, 0.15) is 0 Å². The van der Waals surface area contributed by atoms with Gasteiger partial charge in [-0.3, -0.25) is 4.99 Å². The Bertz CT molecular complexity index is 707. The fourth-order valence-corrected chi connectivity index (χ4v) is 5.48. The fraction of sp³-hybridized carbons (Fsp3) is 0.500. The molecule has 1 amide bonds. The van der Waals surface area contributed by atoms with Crippen LogP contribution in [0.1, 0.15) is 12.8 Å². The summed E-state index contributed by atoms with van der Waals surface area (Å²) in [5, 5.41) is 0. The molecule has 9 heteroatoms. The second-order valence-electron chi connectivity index (χ2n) is 6.35. The summed E-state index contributed by atoms with van der Waals surface area (Å²) in [4.78, 5) is 22.4. The van der Waals surface area contributed by atoms with Gasteiger partial charge in [0.15, 0.2) is 0 Å². The molecule has 0 unspecified atom stereocenters. The Morgan fingerprint density at radius 1 is 1.37 bits per heavy atom. The third-order valence-corrected chi connectivity index (χ3v) is 7.50. The molecular formula is C18H25FIN5O2. The van der Waals surface area contributed by atoms with Gasteiger partial charge in [-0.1, -0.05) is 0 Å². The van der Waals surface area contributed by atoms with E-state index in [0.29, 0.717) is 45.7 Å². The van der Waals surface area contributed by atoms with E-state index in [-0.39, 0.29) is 11.9 Å². The van der Waals surface area contributed by atoms with Crippen LogP contribution in [0.15, 0.2) is 23.2 Å². The summed E-state index contributed by atoms with van der Waals surface area (Å²) in [7, 11) is 0. The number of rotatable bonds is 5. The molecule has 0 saturated carbocycles. The summed E-state index contributed by atoms with van der Waals surface area (Å²) >= 11 is 0.344. The minimum absolute atomic E-state index is 0.289. The van der Waals surface area contributed by atoms with Gasteiger partial charge in [-0.05, 0) is 4.99 Å². The van der Waals surface area contributed by atoms with Gasteiger partial charge in [0.25, 0.3) is 6.34 Å². The molecule has 27 heavy (non-hydrogen) atoms. The van der Waals surface area contributed by atoms with Crippen molar-refractivity contribution < 1.29 is 40.1 Å². The molecule has 2 saturated heterocycles. The summed E-state index contributed by atoms with van der Waals surface area (Å²) in [6, 6.07) is 5.01. The predicted molar refractivity (Wildman–Crippen MR) is 99.8 cm³/mol. The van der Waals surface area contributed by atoms with Gasteiger partial charge in [0, 0.05) is 0 Å². The van der Waals surface area contributed by atoms with E-state index in [1.165, 1.54) is 26.2 Å². The van der Waals surface area contributed by atoms with Crippen LogP contribution < -0.4 is 41.7 Å². The van der Waals surface area contributed by atoms with Crippen molar-refractivity contribution in [3.05, 3.63) is 24.0 Å². The Hall–Kier alpha value is -1.91. The average molecular weight is 489 g/mol. The number of alkyl halides is 2. The number of hydrogen-bond donors (Lipinski definition) is 2. The molecule has 1 aromatic carbocycles. The van der Waals surface area contributed by atoms with Crippen LogP contribution in [-0.2, 0) is 4.74 Å². The van der Waals surface area contributed by atoms with E-state index < -0.39 is 6.09 Å². The maximum absolute atomic E-state index is 14.8. The molecule has 2 aliphatic rings. The number of nitrogens with zero attached hydrogens (tertiary/aromatic N) is 3. The molecule has 1 aromatic rings. The summed E-state index contributed by atoms with van der Waals surface area (Å²) in [6.07, 6.45) is 4.07. The maximum atomic E-state index is 14.8. The van der Waals surface area contributed by atoms with Crippen molar-refractivity contribution in [2.75, 3.05) is 44.8 Å². The van der Waals surface area contributed by atoms with Crippen molar-refractivity contribution in [2.24, 2.45) is 10.7 Å². The summed E-state index contributed by atoms with van der Waals surface area (Å²) in [5.74, 6) is -0.289. The molecule has 3 rings (SSSR count). The first-order chi connectivity index (χ1) is 13.2. The Morgan fingerprint density at radius 2 is 2.15 bits per heavy atom. The van der Waals surface area contributed by atoms with Gasteiger partial charge in [-0.25, -0.2) is 0 Å². The first-order valence-corrected chi connectivity index (χ1v) is 12.1. The second kappa shape index (κ2) is 9.86. The van der Waals surface area contributed by atoms with Gasteiger partial charge in [0.05, 0.1) is 0 Å². The number of aliphatic imine (C=N–C) groups is 1. The molecule has 0 aromatic heterocycles. The normalized spacial score (nSPS) is 22.0. The fourth-order valence-electron chi connectivity index (χ4n) is 3.18. The monoisotopic (exact) mass is 489 g/mol. The Kier molecular flexibility index (Phi) is 7.25. The van der Waals surface area contributed by atoms with Gasteiger partial charge < -0.3 is 5.73 Å². The van der Waals surface area contributed by atoms with Crippen LogP contribution >= 0.6 is 0 Å². The third kappa shape index (κ3) is 5.30. The van der Waals surface area contributed by atoms with Crippen molar-refractivity contribution >= 4 is 30.1 Å². The zero-order valence-electron chi connectivity index (χ0n) is 15.1. The summed E-state index contributed by atoms with van der Waals surface area (Å²) in [5.41, 5.74) is 6.29. The quantitative estimate of drug-likeness (QED) is 0.199. The first-order valence-electron chi connectivity index (χ1n) is 9.03. The van der Waals surface area contributed by atoms with Crippen LogP contribution in [0, 0.1) is 5.82 Å². The molecule has 3 N–H and O–H groups in total. The summed E-state index contributed by atoms with van der Waals surface area (Å²) < 4.78 is 22.7. The number of cyclic esters (lactones) is 1. The van der Waals surface area contributed by atoms with E-state index >= 15 is 0 Å². The van der Waals surface area contributed by atoms with Gasteiger partial charge >= 0.3 is 140 Å². The van der Waals surface area contributed by atoms with Crippen LogP contribution in [0.25, 0.3) is 0 Å². The predicted octanol–water partition coefficient (Wildman–Crippen LogP) is -3.06. The number of anilines is 2. The molecule has 148 valence electrons. The Morgan fingerprint density at radius 3 is 2.85 bits per heavy atom. The molecule has 0 radical (unpaired) electrons. The first kappa shape index (κ1) is 19.8. The number of halogens is 2. The number of hydrogen-bond acceptors (Lipinski definition) is 3.